The van der Waals surface area contributed by atoms with Crippen LogP contribution in [0.25, 0.3) is 110 Å². The SMILES string of the molecule is C=C(CC(C)C)Nc1cncc(-c2cc(F)c3n[nH]c(-c4nc5c(-c6cccs6)nccc5[nH]4)c3c2)c1.CC.Cc1ccncc1-c1cc(F)c2n[nH]c(-c3nc4c(-c5cccs5)nccc4[nH]3)c2c1. The second-order valence-electron chi connectivity index (χ2n) is 16.6. The third-order valence-electron chi connectivity index (χ3n) is 11.4. The van der Waals surface area contributed by atoms with Gasteiger partial charge in [-0.15, -0.1) is 22.7 Å². The third kappa shape index (κ3) is 8.83. The molecule has 13 nitrogen and oxygen atoms in total. The summed E-state index contributed by atoms with van der Waals surface area (Å²) in [5.41, 5.74) is 12.4. The van der Waals surface area contributed by atoms with Crippen molar-refractivity contribution in [2.45, 2.75) is 41.0 Å². The second kappa shape index (κ2) is 19.4. The van der Waals surface area contributed by atoms with Crippen molar-refractivity contribution in [1.82, 2.24) is 60.3 Å². The molecule has 0 saturated carbocycles. The Morgan fingerprint density at radius 3 is 1.77 bits per heavy atom. The molecule has 2 aromatic carbocycles. The lowest BCUT2D eigenvalue weighted by molar-refractivity contribution is 0.636. The van der Waals surface area contributed by atoms with Gasteiger partial charge in [-0.2, -0.15) is 10.2 Å². The number of hydrogen-bond acceptors (Lipinski definition) is 11. The van der Waals surface area contributed by atoms with Crippen LogP contribution in [0.4, 0.5) is 14.5 Å². The van der Waals surface area contributed by atoms with Gasteiger partial charge in [0.25, 0.3) is 0 Å². The molecule has 10 aromatic heterocycles. The van der Waals surface area contributed by atoms with Crippen molar-refractivity contribution >= 4 is 72.2 Å². The summed E-state index contributed by atoms with van der Waals surface area (Å²) in [7, 11) is 0. The molecule has 70 heavy (non-hydrogen) atoms. The Morgan fingerprint density at radius 2 is 1.23 bits per heavy atom. The summed E-state index contributed by atoms with van der Waals surface area (Å²) in [5, 5.41) is 23.0. The van der Waals surface area contributed by atoms with Gasteiger partial charge >= 0.3 is 0 Å². The topological polar surface area (TPSA) is 178 Å². The lowest BCUT2D eigenvalue weighted by Crippen LogP contribution is -2.02. The number of nitrogens with zero attached hydrogens (tertiary/aromatic N) is 8. The fourth-order valence-electron chi connectivity index (χ4n) is 8.31. The molecule has 12 aromatic rings. The zero-order valence-electron chi connectivity index (χ0n) is 38.7. The van der Waals surface area contributed by atoms with Crippen LogP contribution in [0.2, 0.25) is 0 Å². The van der Waals surface area contributed by atoms with E-state index in [1.54, 1.807) is 59.9 Å². The van der Waals surface area contributed by atoms with Gasteiger partial charge in [-0.3, -0.25) is 30.1 Å². The van der Waals surface area contributed by atoms with Crippen LogP contribution in [0, 0.1) is 24.5 Å². The average Bonchev–Trinajstić information content (AvgIpc) is 4.23. The fraction of sp³-hybridized carbons (Fsp3) is 0.132. The van der Waals surface area contributed by atoms with Crippen LogP contribution in [0.3, 0.4) is 0 Å². The number of thiophene rings is 2. The Labute approximate surface area is 408 Å². The van der Waals surface area contributed by atoms with E-state index in [2.05, 4.69) is 76.0 Å². The first kappa shape index (κ1) is 45.5. The molecule has 0 amide bonds. The molecule has 0 aliphatic carbocycles. The number of hydrogen-bond donors (Lipinski definition) is 5. The molecule has 12 rings (SSSR count). The van der Waals surface area contributed by atoms with Gasteiger partial charge in [-0.05, 0) is 107 Å². The molecule has 0 fully saturated rings. The number of fused-ring (bicyclic) bond motifs is 4. The first-order chi connectivity index (χ1) is 34.1. The number of aryl methyl sites for hydroxylation is 1. The van der Waals surface area contributed by atoms with Gasteiger partial charge < -0.3 is 15.3 Å². The quantitative estimate of drug-likeness (QED) is 0.0892. The Bertz CT molecular complexity index is 3810. The molecule has 0 bridgehead atoms. The Balaban J connectivity index is 0.000000159. The molecule has 0 aliphatic heterocycles. The second-order valence-corrected chi connectivity index (χ2v) is 18.5. The minimum Gasteiger partial charge on any atom is -0.358 e. The molecule has 5 N–H and O–H groups in total. The highest BCUT2D eigenvalue weighted by molar-refractivity contribution is 7.13. The highest BCUT2D eigenvalue weighted by Crippen LogP contribution is 2.37. The van der Waals surface area contributed by atoms with Gasteiger partial charge in [-0.25, -0.2) is 18.7 Å². The number of imidazole rings is 2. The molecule has 0 radical (unpaired) electrons. The van der Waals surface area contributed by atoms with Crippen molar-refractivity contribution in [2.75, 3.05) is 5.32 Å². The third-order valence-corrected chi connectivity index (χ3v) is 13.2. The minimum absolute atomic E-state index is 0.253. The van der Waals surface area contributed by atoms with E-state index in [0.717, 1.165) is 83.3 Å². The normalized spacial score (nSPS) is 11.3. The van der Waals surface area contributed by atoms with Gasteiger partial charge in [-0.1, -0.05) is 46.4 Å². The van der Waals surface area contributed by atoms with Crippen LogP contribution >= 0.6 is 22.7 Å². The van der Waals surface area contributed by atoms with Gasteiger partial charge in [0.05, 0.1) is 32.7 Å². The van der Waals surface area contributed by atoms with Crippen LogP contribution in [-0.2, 0) is 0 Å². The van der Waals surface area contributed by atoms with Crippen LogP contribution < -0.4 is 5.32 Å². The van der Waals surface area contributed by atoms with E-state index >= 15 is 4.39 Å². The van der Waals surface area contributed by atoms with Gasteiger partial charge in [0, 0.05) is 58.6 Å². The van der Waals surface area contributed by atoms with E-state index in [1.165, 1.54) is 12.1 Å². The number of nitrogens with one attached hydrogen (secondary N) is 5. The van der Waals surface area contributed by atoms with Crippen LogP contribution in [0.15, 0.2) is 133 Å². The van der Waals surface area contributed by atoms with Crippen LogP contribution in [0.1, 0.15) is 39.7 Å². The molecule has 17 heteroatoms. The molecule has 348 valence electrons. The summed E-state index contributed by atoms with van der Waals surface area (Å²) in [4.78, 5) is 36.0. The van der Waals surface area contributed by atoms with Crippen molar-refractivity contribution in [1.29, 1.82) is 0 Å². The number of aromatic nitrogens is 12. The number of H-pyrrole nitrogens is 4. The lowest BCUT2D eigenvalue weighted by Gasteiger charge is -2.12. The largest absolute Gasteiger partial charge is 0.358 e. The maximum atomic E-state index is 15.2. The van der Waals surface area contributed by atoms with Crippen molar-refractivity contribution < 1.29 is 8.78 Å². The summed E-state index contributed by atoms with van der Waals surface area (Å²) in [6.45, 7) is 14.4. The zero-order valence-corrected chi connectivity index (χ0v) is 40.3. The van der Waals surface area contributed by atoms with E-state index in [4.69, 9.17) is 9.97 Å². The highest BCUT2D eigenvalue weighted by Gasteiger charge is 2.21. The number of rotatable bonds is 10. The molecular formula is C53H45F2N13S2. The number of anilines is 1. The molecular weight excluding hydrogens is 921 g/mol. The first-order valence-electron chi connectivity index (χ1n) is 22.6. The molecule has 0 aliphatic rings. The summed E-state index contributed by atoms with van der Waals surface area (Å²) in [5.74, 6) is 0.827. The summed E-state index contributed by atoms with van der Waals surface area (Å²) < 4.78 is 30.1. The predicted octanol–water partition coefficient (Wildman–Crippen LogP) is 14.2. The number of allylic oxidation sites excluding steroid dienone is 1. The minimum atomic E-state index is -0.422. The molecule has 0 atom stereocenters. The molecule has 0 unspecified atom stereocenters. The predicted molar refractivity (Wildman–Crippen MR) is 279 cm³/mol. The lowest BCUT2D eigenvalue weighted by atomic mass is 10.0. The standard InChI is InChI=1S/C28H24FN7S.C23H15FN6S.C2H6/c1-15(2)9-16(3)32-19-10-18(13-30-14-19)17-11-20-24(21(29)12-17)35-36-25(20)28-33-22-6-7-31-27(26(22)34-28)23-5-4-8-37-23;1-12-4-6-25-11-15(12)13-9-14-19(16(24)10-13)29-30-20(14)23-27-17-5-7-26-22(21(17)28-23)18-3-2-8-31-18;1-2/h4-8,10-15,32H,3,9H2,1-2H3,(H,33,34)(H,35,36);2-11H,1H3,(H,27,28)(H,29,30);1-2H3. The van der Waals surface area contributed by atoms with E-state index < -0.39 is 11.6 Å². The maximum absolute atomic E-state index is 15.2. The van der Waals surface area contributed by atoms with Crippen molar-refractivity contribution in [3.05, 3.63) is 150 Å². The number of aromatic amines is 4. The van der Waals surface area contributed by atoms with E-state index in [1.807, 2.05) is 92.2 Å². The zero-order chi connectivity index (χ0) is 48.5. The van der Waals surface area contributed by atoms with Gasteiger partial charge in [0.2, 0.25) is 0 Å². The Kier molecular flexibility index (Phi) is 12.6. The van der Waals surface area contributed by atoms with Crippen LogP contribution in [-0.4, -0.2) is 60.3 Å². The number of halogens is 2. The van der Waals surface area contributed by atoms with Crippen molar-refractivity contribution in [3.8, 4) is 66.4 Å². The fourth-order valence-corrected chi connectivity index (χ4v) is 9.75. The van der Waals surface area contributed by atoms with Crippen molar-refractivity contribution in [2.24, 2.45) is 5.92 Å². The number of pyridine rings is 4. The van der Waals surface area contributed by atoms with Gasteiger partial charge in [0.15, 0.2) is 23.3 Å². The molecule has 10 heterocycles. The number of benzene rings is 2. The van der Waals surface area contributed by atoms with Crippen LogP contribution in [0.5, 0.6) is 0 Å². The monoisotopic (exact) mass is 965 g/mol. The molecule has 0 saturated heterocycles. The Morgan fingerprint density at radius 1 is 0.657 bits per heavy atom. The summed E-state index contributed by atoms with van der Waals surface area (Å²) in [6, 6.07) is 22.4. The molecule has 0 spiro atoms. The van der Waals surface area contributed by atoms with Gasteiger partial charge in [0.1, 0.15) is 44.8 Å². The van der Waals surface area contributed by atoms with E-state index in [9.17, 15) is 4.39 Å². The van der Waals surface area contributed by atoms with Crippen molar-refractivity contribution in [3.63, 3.8) is 0 Å². The Hall–Kier alpha value is -8.28. The smallest absolute Gasteiger partial charge is 0.157 e. The first-order valence-corrected chi connectivity index (χ1v) is 24.4. The highest BCUT2D eigenvalue weighted by atomic mass is 32.1. The summed E-state index contributed by atoms with van der Waals surface area (Å²) >= 11 is 3.22. The maximum Gasteiger partial charge on any atom is 0.157 e. The van der Waals surface area contributed by atoms with E-state index in [0.29, 0.717) is 45.3 Å². The summed E-state index contributed by atoms with van der Waals surface area (Å²) in [6.07, 6.45) is 11.3. The van der Waals surface area contributed by atoms with E-state index in [-0.39, 0.29) is 11.0 Å². The average molecular weight is 966 g/mol.